The van der Waals surface area contributed by atoms with Crippen molar-refractivity contribution < 1.29 is 28.7 Å². The lowest BCUT2D eigenvalue weighted by Gasteiger charge is -2.36. The number of rotatable bonds is 13. The van der Waals surface area contributed by atoms with Gasteiger partial charge in [-0.05, 0) is 79.3 Å². The van der Waals surface area contributed by atoms with Gasteiger partial charge in [0.05, 0.1) is 0 Å². The molecule has 13 nitrogen and oxygen atoms in total. The molecule has 4 rings (SSSR count). The van der Waals surface area contributed by atoms with Crippen molar-refractivity contribution in [2.45, 2.75) is 109 Å². The van der Waals surface area contributed by atoms with Crippen LogP contribution in [0.1, 0.15) is 85.5 Å². The van der Waals surface area contributed by atoms with Gasteiger partial charge in [-0.2, -0.15) is 0 Å². The zero-order chi connectivity index (χ0) is 36.4. The first-order valence-electron chi connectivity index (χ1n) is 17.7. The summed E-state index contributed by atoms with van der Waals surface area (Å²) in [6.07, 6.45) is 6.00. The molecular formula is C36H53N7O6S. The SMILES string of the molecule is CNCCCC(=O)Nc1nc(-c2ccccc2)c(NC(=O)[C@@H]2CCCN2C(=O)[C@@H](NC(=O)[C@H](C)N(C)C(=O)OC(C)(C)C)C2CCCCC2)s1. The molecular weight excluding hydrogens is 659 g/mol. The number of likely N-dealkylation sites (N-methyl/N-ethyl adjacent to an activating group) is 1. The highest BCUT2D eigenvalue weighted by atomic mass is 32.1. The summed E-state index contributed by atoms with van der Waals surface area (Å²) in [6, 6.07) is 6.93. The molecule has 0 radical (unpaired) electrons. The van der Waals surface area contributed by atoms with Crippen LogP contribution in [0.2, 0.25) is 0 Å². The van der Waals surface area contributed by atoms with Gasteiger partial charge in [-0.15, -0.1) is 0 Å². The van der Waals surface area contributed by atoms with Gasteiger partial charge in [0.1, 0.15) is 34.4 Å². The van der Waals surface area contributed by atoms with Crippen molar-refractivity contribution >= 4 is 51.2 Å². The first-order valence-corrected chi connectivity index (χ1v) is 18.5. The molecule has 1 saturated heterocycles. The Morgan fingerprint density at radius 1 is 1.02 bits per heavy atom. The van der Waals surface area contributed by atoms with Crippen LogP contribution in [0.4, 0.5) is 14.9 Å². The van der Waals surface area contributed by atoms with Crippen molar-refractivity contribution in [3.63, 3.8) is 0 Å². The quantitative estimate of drug-likeness (QED) is 0.211. The standard InChI is InChI=1S/C36H53N7O6S/c1-23(42(6)35(48)49-36(2,3)4)30(45)39-29(25-17-11-8-12-18-25)33(47)43-22-14-19-26(43)31(46)41-32-28(24-15-9-7-10-16-24)40-34(50-32)38-27(44)20-13-21-37-5/h7,9-10,15-16,23,25-26,29,37H,8,11-14,17-22H2,1-6H3,(H,39,45)(H,41,46)(H,38,40,44)/t23-,26-,29-/m0/s1. The second-order valence-corrected chi connectivity index (χ2v) is 15.1. The van der Waals surface area contributed by atoms with E-state index in [2.05, 4.69) is 26.3 Å². The molecule has 0 spiro atoms. The van der Waals surface area contributed by atoms with Crippen molar-refractivity contribution in [3.05, 3.63) is 30.3 Å². The van der Waals surface area contributed by atoms with Gasteiger partial charge in [-0.1, -0.05) is 60.9 Å². The number of thiazole rings is 1. The van der Waals surface area contributed by atoms with E-state index >= 15 is 0 Å². The average molecular weight is 712 g/mol. The Kier molecular flexibility index (Phi) is 13.8. The number of hydrogen-bond donors (Lipinski definition) is 4. The number of anilines is 2. The number of carbonyl (C=O) groups is 5. The predicted octanol–water partition coefficient (Wildman–Crippen LogP) is 5.00. The highest BCUT2D eigenvalue weighted by molar-refractivity contribution is 7.20. The minimum atomic E-state index is -0.887. The van der Waals surface area contributed by atoms with Crippen molar-refractivity contribution in [2.24, 2.45) is 5.92 Å². The van der Waals surface area contributed by atoms with Crippen molar-refractivity contribution in [1.82, 2.24) is 25.4 Å². The summed E-state index contributed by atoms with van der Waals surface area (Å²) in [5.41, 5.74) is 0.580. The molecule has 14 heteroatoms. The molecule has 4 N–H and O–H groups in total. The van der Waals surface area contributed by atoms with E-state index in [1.165, 1.54) is 23.3 Å². The Labute approximate surface area is 299 Å². The first-order chi connectivity index (χ1) is 23.8. The maximum absolute atomic E-state index is 14.3. The number of aromatic nitrogens is 1. The number of carbonyl (C=O) groups excluding carboxylic acids is 5. The lowest BCUT2D eigenvalue weighted by molar-refractivity contribution is -0.142. The number of nitrogens with one attached hydrogen (secondary N) is 4. The third-order valence-electron chi connectivity index (χ3n) is 9.15. The zero-order valence-corrected chi connectivity index (χ0v) is 31.0. The van der Waals surface area contributed by atoms with Gasteiger partial charge in [0.15, 0.2) is 5.13 Å². The Morgan fingerprint density at radius 3 is 2.38 bits per heavy atom. The summed E-state index contributed by atoms with van der Waals surface area (Å²) in [5, 5.41) is 12.7. The fourth-order valence-corrected chi connectivity index (χ4v) is 7.23. The van der Waals surface area contributed by atoms with E-state index in [0.717, 1.165) is 37.7 Å². The average Bonchev–Trinajstić information content (AvgIpc) is 3.74. The maximum atomic E-state index is 14.3. The molecule has 2 fully saturated rings. The fourth-order valence-electron chi connectivity index (χ4n) is 6.32. The number of amides is 5. The highest BCUT2D eigenvalue weighted by Crippen LogP contribution is 2.37. The van der Waals surface area contributed by atoms with Crippen molar-refractivity contribution in [3.8, 4) is 11.3 Å². The molecule has 1 aromatic carbocycles. The van der Waals surface area contributed by atoms with Gasteiger partial charge in [-0.3, -0.25) is 24.1 Å². The molecule has 5 amide bonds. The van der Waals surface area contributed by atoms with Gasteiger partial charge >= 0.3 is 6.09 Å². The van der Waals surface area contributed by atoms with E-state index < -0.39 is 35.7 Å². The van der Waals surface area contributed by atoms with Crippen LogP contribution in [-0.2, 0) is 23.9 Å². The highest BCUT2D eigenvalue weighted by Gasteiger charge is 2.42. The molecule has 2 aliphatic rings. The molecule has 1 saturated carbocycles. The summed E-state index contributed by atoms with van der Waals surface area (Å²) in [6.45, 7) is 7.97. The second kappa shape index (κ2) is 17.8. The lowest BCUT2D eigenvalue weighted by atomic mass is 9.83. The van der Waals surface area contributed by atoms with Gasteiger partial charge in [0.2, 0.25) is 23.6 Å². The van der Waals surface area contributed by atoms with Crippen LogP contribution in [0.25, 0.3) is 11.3 Å². The summed E-state index contributed by atoms with van der Waals surface area (Å²) in [4.78, 5) is 74.6. The molecule has 2 heterocycles. The topological polar surface area (TPSA) is 162 Å². The summed E-state index contributed by atoms with van der Waals surface area (Å²) < 4.78 is 5.45. The Bertz CT molecular complexity index is 1490. The molecule has 50 heavy (non-hydrogen) atoms. The molecule has 1 aromatic heterocycles. The van der Waals surface area contributed by atoms with Gasteiger partial charge in [0, 0.05) is 25.6 Å². The monoisotopic (exact) mass is 711 g/mol. The number of hydrogen-bond acceptors (Lipinski definition) is 9. The molecule has 3 atom stereocenters. The van der Waals surface area contributed by atoms with Crippen LogP contribution in [0.15, 0.2) is 30.3 Å². The van der Waals surface area contributed by atoms with Gasteiger partial charge < -0.3 is 30.9 Å². The van der Waals surface area contributed by atoms with Crippen molar-refractivity contribution in [1.29, 1.82) is 0 Å². The van der Waals surface area contributed by atoms with Crippen LogP contribution >= 0.6 is 11.3 Å². The normalized spacial score (nSPS) is 17.8. The molecule has 1 aliphatic heterocycles. The largest absolute Gasteiger partial charge is 0.444 e. The van der Waals surface area contributed by atoms with E-state index in [9.17, 15) is 24.0 Å². The smallest absolute Gasteiger partial charge is 0.410 e. The molecule has 2 aromatic rings. The Hall–Kier alpha value is -4.04. The van der Waals surface area contributed by atoms with Crippen LogP contribution in [-0.4, -0.2) is 95.4 Å². The minimum absolute atomic E-state index is 0.0889. The van der Waals surface area contributed by atoms with E-state index in [1.54, 1.807) is 32.6 Å². The summed E-state index contributed by atoms with van der Waals surface area (Å²) in [7, 11) is 3.33. The number of likely N-dealkylation sites (tertiary alicyclic amines) is 1. The zero-order valence-electron chi connectivity index (χ0n) is 30.2. The second-order valence-electron chi connectivity index (χ2n) is 14.1. The summed E-state index contributed by atoms with van der Waals surface area (Å²) in [5.74, 6) is -1.36. The van der Waals surface area contributed by atoms with E-state index in [4.69, 9.17) is 4.74 Å². The number of benzene rings is 1. The number of nitrogens with zero attached hydrogens (tertiary/aromatic N) is 3. The van der Waals surface area contributed by atoms with Crippen LogP contribution in [0, 0.1) is 5.92 Å². The molecule has 0 unspecified atom stereocenters. The van der Waals surface area contributed by atoms with Gasteiger partial charge in [0.25, 0.3) is 0 Å². The predicted molar refractivity (Wildman–Crippen MR) is 195 cm³/mol. The Morgan fingerprint density at radius 2 is 1.72 bits per heavy atom. The van der Waals surface area contributed by atoms with E-state index in [-0.39, 0.29) is 23.6 Å². The van der Waals surface area contributed by atoms with E-state index in [1.807, 2.05) is 37.4 Å². The van der Waals surface area contributed by atoms with E-state index in [0.29, 0.717) is 54.6 Å². The first kappa shape index (κ1) is 38.8. The third kappa shape index (κ3) is 10.5. The number of ether oxygens (including phenoxy) is 1. The fraction of sp³-hybridized carbons (Fsp3) is 0.611. The Balaban J connectivity index is 1.52. The molecule has 1 aliphatic carbocycles. The van der Waals surface area contributed by atoms with Crippen molar-refractivity contribution in [2.75, 3.05) is 37.8 Å². The summed E-state index contributed by atoms with van der Waals surface area (Å²) >= 11 is 1.17. The maximum Gasteiger partial charge on any atom is 0.410 e. The van der Waals surface area contributed by atoms with Gasteiger partial charge in [-0.25, -0.2) is 9.78 Å². The third-order valence-corrected chi connectivity index (χ3v) is 10.0. The molecule has 274 valence electrons. The lowest BCUT2D eigenvalue weighted by Crippen LogP contribution is -2.58. The minimum Gasteiger partial charge on any atom is -0.444 e. The van der Waals surface area contributed by atoms with Crippen LogP contribution in [0.5, 0.6) is 0 Å². The van der Waals surface area contributed by atoms with Crippen LogP contribution < -0.4 is 21.3 Å². The molecule has 0 bridgehead atoms. The van der Waals surface area contributed by atoms with Crippen LogP contribution in [0.3, 0.4) is 0 Å².